The first-order valence-electron chi connectivity index (χ1n) is 7.25. The number of hydrogen-bond acceptors (Lipinski definition) is 3. The normalized spacial score (nSPS) is 15.8. The Labute approximate surface area is 117 Å². The topological polar surface area (TPSA) is 50.9 Å². The van der Waals surface area contributed by atoms with Gasteiger partial charge in [0.2, 0.25) is 0 Å². The van der Waals surface area contributed by atoms with Gasteiger partial charge >= 0.3 is 0 Å². The van der Waals surface area contributed by atoms with Gasteiger partial charge in [0.1, 0.15) is 12.2 Å². The lowest BCUT2D eigenvalue weighted by molar-refractivity contribution is 0.129. The Morgan fingerprint density at radius 3 is 2.42 bits per heavy atom. The molecular weight excluding hydrogens is 238 g/mol. The number of hydrogen-bond donors (Lipinski definition) is 1. The van der Waals surface area contributed by atoms with Crippen LogP contribution < -0.4 is 0 Å². The second-order valence-corrected chi connectivity index (χ2v) is 7.18. The van der Waals surface area contributed by atoms with Gasteiger partial charge in [0, 0.05) is 12.5 Å². The van der Waals surface area contributed by atoms with Gasteiger partial charge in [0.15, 0.2) is 0 Å². The predicted octanol–water partition coefficient (Wildman–Crippen LogP) is 3.22. The molecule has 1 aromatic heterocycles. The molecule has 0 amide bonds. The smallest absolute Gasteiger partial charge is 0.138 e. The van der Waals surface area contributed by atoms with Gasteiger partial charge in [-0.1, -0.05) is 27.7 Å². The van der Waals surface area contributed by atoms with E-state index in [0.717, 1.165) is 18.7 Å². The summed E-state index contributed by atoms with van der Waals surface area (Å²) in [6.45, 7) is 13.1. The predicted molar refractivity (Wildman–Crippen MR) is 78.0 cm³/mol. The highest BCUT2D eigenvalue weighted by Gasteiger charge is 2.20. The molecule has 0 aliphatic rings. The third kappa shape index (κ3) is 5.72. The quantitative estimate of drug-likeness (QED) is 0.861. The van der Waals surface area contributed by atoms with E-state index in [1.165, 1.54) is 0 Å². The van der Waals surface area contributed by atoms with Gasteiger partial charge in [-0.3, -0.25) is 0 Å². The third-order valence-electron chi connectivity index (χ3n) is 3.19. The molecule has 110 valence electrons. The van der Waals surface area contributed by atoms with Crippen molar-refractivity contribution in [3.8, 4) is 0 Å². The maximum Gasteiger partial charge on any atom is 0.138 e. The SMILES string of the molecule is CC(CC(O)Cc1ncnn1C(C)C)CC(C)(C)C. The average Bonchev–Trinajstić information content (AvgIpc) is 2.61. The fourth-order valence-electron chi connectivity index (χ4n) is 2.74. The molecule has 0 bridgehead atoms. The molecule has 0 spiro atoms. The summed E-state index contributed by atoms with van der Waals surface area (Å²) in [7, 11) is 0. The van der Waals surface area contributed by atoms with E-state index in [9.17, 15) is 5.11 Å². The van der Waals surface area contributed by atoms with E-state index >= 15 is 0 Å². The van der Waals surface area contributed by atoms with Crippen LogP contribution in [0.1, 0.15) is 66.3 Å². The van der Waals surface area contributed by atoms with E-state index in [1.807, 2.05) is 4.68 Å². The summed E-state index contributed by atoms with van der Waals surface area (Å²) < 4.78 is 1.89. The van der Waals surface area contributed by atoms with Gasteiger partial charge in [-0.2, -0.15) is 5.10 Å². The van der Waals surface area contributed by atoms with Crippen molar-refractivity contribution in [2.45, 2.75) is 73.0 Å². The zero-order chi connectivity index (χ0) is 14.6. The number of aliphatic hydroxyl groups excluding tert-OH is 1. The Morgan fingerprint density at radius 1 is 1.26 bits per heavy atom. The van der Waals surface area contributed by atoms with Gasteiger partial charge in [-0.15, -0.1) is 0 Å². The largest absolute Gasteiger partial charge is 0.393 e. The number of rotatable bonds is 6. The van der Waals surface area contributed by atoms with Crippen molar-refractivity contribution in [3.05, 3.63) is 12.2 Å². The molecule has 2 atom stereocenters. The molecule has 1 N–H and O–H groups in total. The van der Waals surface area contributed by atoms with Crippen LogP contribution in [0.25, 0.3) is 0 Å². The average molecular weight is 267 g/mol. The van der Waals surface area contributed by atoms with Crippen LogP contribution in [0.15, 0.2) is 6.33 Å². The van der Waals surface area contributed by atoms with Crippen molar-refractivity contribution in [2.24, 2.45) is 11.3 Å². The van der Waals surface area contributed by atoms with Crippen LogP contribution in [0.2, 0.25) is 0 Å². The van der Waals surface area contributed by atoms with E-state index in [-0.39, 0.29) is 12.1 Å². The summed E-state index contributed by atoms with van der Waals surface area (Å²) in [6.07, 6.45) is 3.77. The molecule has 2 unspecified atom stereocenters. The van der Waals surface area contributed by atoms with E-state index in [0.29, 0.717) is 17.8 Å². The Hall–Kier alpha value is -0.900. The minimum absolute atomic E-state index is 0.289. The molecule has 0 saturated carbocycles. The van der Waals surface area contributed by atoms with Crippen molar-refractivity contribution in [3.63, 3.8) is 0 Å². The fourth-order valence-corrected chi connectivity index (χ4v) is 2.74. The molecule has 0 fully saturated rings. The van der Waals surface area contributed by atoms with Crippen LogP contribution in [0.4, 0.5) is 0 Å². The van der Waals surface area contributed by atoms with E-state index in [2.05, 4.69) is 51.6 Å². The molecule has 0 saturated heterocycles. The monoisotopic (exact) mass is 267 g/mol. The van der Waals surface area contributed by atoms with E-state index < -0.39 is 0 Å². The second kappa shape index (κ2) is 6.51. The van der Waals surface area contributed by atoms with Crippen LogP contribution in [0, 0.1) is 11.3 Å². The van der Waals surface area contributed by atoms with Crippen LogP contribution in [0.5, 0.6) is 0 Å². The molecule has 19 heavy (non-hydrogen) atoms. The molecule has 0 radical (unpaired) electrons. The zero-order valence-corrected chi connectivity index (χ0v) is 13.2. The maximum absolute atomic E-state index is 10.2. The Morgan fingerprint density at radius 2 is 1.89 bits per heavy atom. The lowest BCUT2D eigenvalue weighted by atomic mass is 9.83. The standard InChI is InChI=1S/C15H29N3O/c1-11(2)18-14(16-10-17-18)8-13(19)7-12(3)9-15(4,5)6/h10-13,19H,7-9H2,1-6H3. The highest BCUT2D eigenvalue weighted by atomic mass is 16.3. The van der Waals surface area contributed by atoms with E-state index in [4.69, 9.17) is 0 Å². The molecule has 0 aromatic carbocycles. The summed E-state index contributed by atoms with van der Waals surface area (Å²) in [6, 6.07) is 0.289. The third-order valence-corrected chi connectivity index (χ3v) is 3.19. The Kier molecular flexibility index (Phi) is 5.53. The summed E-state index contributed by atoms with van der Waals surface area (Å²) in [4.78, 5) is 4.25. The summed E-state index contributed by atoms with van der Waals surface area (Å²) in [5.41, 5.74) is 0.317. The highest BCUT2D eigenvalue weighted by molar-refractivity contribution is 4.89. The van der Waals surface area contributed by atoms with Gasteiger partial charge < -0.3 is 5.11 Å². The van der Waals surface area contributed by atoms with Crippen LogP contribution in [-0.4, -0.2) is 26.0 Å². The molecule has 0 aliphatic heterocycles. The molecule has 4 heteroatoms. The molecule has 4 nitrogen and oxygen atoms in total. The first-order valence-corrected chi connectivity index (χ1v) is 7.25. The zero-order valence-electron chi connectivity index (χ0n) is 13.2. The summed E-state index contributed by atoms with van der Waals surface area (Å²) in [5, 5.41) is 14.4. The fraction of sp³-hybridized carbons (Fsp3) is 0.867. The maximum atomic E-state index is 10.2. The Bertz CT molecular complexity index is 379. The van der Waals surface area contributed by atoms with E-state index in [1.54, 1.807) is 6.33 Å². The highest BCUT2D eigenvalue weighted by Crippen LogP contribution is 2.27. The van der Waals surface area contributed by atoms with Crippen molar-refractivity contribution < 1.29 is 5.11 Å². The lowest BCUT2D eigenvalue weighted by Crippen LogP contribution is -2.21. The van der Waals surface area contributed by atoms with Crippen LogP contribution in [0.3, 0.4) is 0 Å². The number of nitrogens with zero attached hydrogens (tertiary/aromatic N) is 3. The van der Waals surface area contributed by atoms with Crippen molar-refractivity contribution in [1.29, 1.82) is 0 Å². The van der Waals surface area contributed by atoms with Crippen molar-refractivity contribution in [1.82, 2.24) is 14.8 Å². The van der Waals surface area contributed by atoms with Crippen LogP contribution in [-0.2, 0) is 6.42 Å². The minimum Gasteiger partial charge on any atom is -0.393 e. The summed E-state index contributed by atoms with van der Waals surface area (Å²) >= 11 is 0. The molecule has 1 heterocycles. The molecule has 1 aromatic rings. The number of aromatic nitrogens is 3. The van der Waals surface area contributed by atoms with Gasteiger partial charge in [-0.25, -0.2) is 9.67 Å². The molecule has 1 rings (SSSR count). The molecule has 0 aliphatic carbocycles. The van der Waals surface area contributed by atoms with Crippen molar-refractivity contribution >= 4 is 0 Å². The second-order valence-electron chi connectivity index (χ2n) is 7.18. The van der Waals surface area contributed by atoms with Gasteiger partial charge in [0.05, 0.1) is 6.10 Å². The Balaban J connectivity index is 2.51. The van der Waals surface area contributed by atoms with Crippen molar-refractivity contribution in [2.75, 3.05) is 0 Å². The first-order chi connectivity index (χ1) is 8.69. The minimum atomic E-state index is -0.334. The number of aliphatic hydroxyl groups is 1. The molecular formula is C15H29N3O. The summed E-state index contributed by atoms with van der Waals surface area (Å²) in [5.74, 6) is 1.40. The van der Waals surface area contributed by atoms with Gasteiger partial charge in [-0.05, 0) is 38.0 Å². The van der Waals surface area contributed by atoms with Gasteiger partial charge in [0.25, 0.3) is 0 Å². The van der Waals surface area contributed by atoms with Crippen LogP contribution >= 0.6 is 0 Å². The lowest BCUT2D eigenvalue weighted by Gasteiger charge is -2.24. The first kappa shape index (κ1) is 16.2.